The van der Waals surface area contributed by atoms with Gasteiger partial charge in [0, 0.05) is 26.4 Å². The Morgan fingerprint density at radius 1 is 1.15 bits per heavy atom. The first-order valence-corrected chi connectivity index (χ1v) is 4.32. The number of nitrogens with zero attached hydrogens (tertiary/aromatic N) is 1. The highest BCUT2D eigenvalue weighted by atomic mass is 16.5. The van der Waals surface area contributed by atoms with Gasteiger partial charge in [-0.15, -0.1) is 0 Å². The van der Waals surface area contributed by atoms with Gasteiger partial charge in [0.25, 0.3) is 0 Å². The average molecular weight is 182 g/mol. The van der Waals surface area contributed by atoms with E-state index in [4.69, 9.17) is 9.47 Å². The molecule has 0 amide bonds. The highest BCUT2D eigenvalue weighted by Gasteiger charge is 2.11. The van der Waals surface area contributed by atoms with Crippen LogP contribution in [0.2, 0.25) is 0 Å². The van der Waals surface area contributed by atoms with Gasteiger partial charge in [-0.3, -0.25) is 0 Å². The topological polar surface area (TPSA) is 22.3 Å². The lowest BCUT2D eigenvalue weighted by atomic mass is 10.3. The molecule has 3 heteroatoms. The predicted octanol–water partition coefficient (Wildman–Crippen LogP) is 0.635. The number of pyridine rings is 1. The lowest BCUT2D eigenvalue weighted by Crippen LogP contribution is -2.41. The largest absolute Gasteiger partial charge is 0.382 e. The molecular weight excluding hydrogens is 166 g/mol. The summed E-state index contributed by atoms with van der Waals surface area (Å²) in [7, 11) is 3.38. The van der Waals surface area contributed by atoms with Crippen molar-refractivity contribution >= 4 is 0 Å². The predicted molar refractivity (Wildman–Crippen MR) is 49.3 cm³/mol. The first-order valence-electron chi connectivity index (χ1n) is 4.32. The second-order valence-electron chi connectivity index (χ2n) is 2.89. The van der Waals surface area contributed by atoms with Crippen molar-refractivity contribution in [2.45, 2.75) is 12.6 Å². The quantitative estimate of drug-likeness (QED) is 0.623. The van der Waals surface area contributed by atoms with Crippen molar-refractivity contribution in [1.82, 2.24) is 0 Å². The smallest absolute Gasteiger partial charge is 0.176 e. The summed E-state index contributed by atoms with van der Waals surface area (Å²) in [4.78, 5) is 0. The molecule has 0 fully saturated rings. The molecule has 1 aromatic rings. The van der Waals surface area contributed by atoms with E-state index in [0.29, 0.717) is 6.61 Å². The van der Waals surface area contributed by atoms with Gasteiger partial charge in [-0.05, 0) is 0 Å². The van der Waals surface area contributed by atoms with Crippen LogP contribution in [-0.2, 0) is 16.0 Å². The summed E-state index contributed by atoms with van der Waals surface area (Å²) in [5.41, 5.74) is 0. The van der Waals surface area contributed by atoms with Crippen LogP contribution in [0, 0.1) is 0 Å². The maximum atomic E-state index is 5.25. The minimum Gasteiger partial charge on any atom is -0.382 e. The minimum absolute atomic E-state index is 0.123. The van der Waals surface area contributed by atoms with Crippen LogP contribution in [-0.4, -0.2) is 26.9 Å². The zero-order valence-corrected chi connectivity index (χ0v) is 8.14. The van der Waals surface area contributed by atoms with Gasteiger partial charge in [0.1, 0.15) is 6.10 Å². The van der Waals surface area contributed by atoms with Gasteiger partial charge in [0.15, 0.2) is 18.9 Å². The van der Waals surface area contributed by atoms with Crippen molar-refractivity contribution in [2.75, 3.05) is 20.8 Å². The molecule has 72 valence electrons. The van der Waals surface area contributed by atoms with Crippen LogP contribution in [0.15, 0.2) is 30.6 Å². The molecular formula is C10H16NO2+. The summed E-state index contributed by atoms with van der Waals surface area (Å²) in [5.74, 6) is 0. The van der Waals surface area contributed by atoms with Gasteiger partial charge >= 0.3 is 0 Å². The number of aromatic nitrogens is 1. The second kappa shape index (κ2) is 5.67. The van der Waals surface area contributed by atoms with Crippen molar-refractivity contribution in [3.8, 4) is 0 Å². The molecule has 13 heavy (non-hydrogen) atoms. The molecule has 0 aliphatic heterocycles. The molecule has 1 unspecified atom stereocenters. The van der Waals surface area contributed by atoms with Crippen molar-refractivity contribution in [3.05, 3.63) is 30.6 Å². The highest BCUT2D eigenvalue weighted by Crippen LogP contribution is 1.90. The first kappa shape index (κ1) is 10.2. The Morgan fingerprint density at radius 3 is 2.38 bits per heavy atom. The Morgan fingerprint density at radius 2 is 1.85 bits per heavy atom. The van der Waals surface area contributed by atoms with Crippen LogP contribution in [0.4, 0.5) is 0 Å². The molecule has 0 saturated heterocycles. The fraction of sp³-hybridized carbons (Fsp3) is 0.500. The zero-order valence-electron chi connectivity index (χ0n) is 8.14. The van der Waals surface area contributed by atoms with Gasteiger partial charge in [-0.25, -0.2) is 4.57 Å². The van der Waals surface area contributed by atoms with Crippen LogP contribution in [0.3, 0.4) is 0 Å². The van der Waals surface area contributed by atoms with E-state index >= 15 is 0 Å². The van der Waals surface area contributed by atoms with Crippen LogP contribution >= 0.6 is 0 Å². The second-order valence-corrected chi connectivity index (χ2v) is 2.89. The maximum absolute atomic E-state index is 5.25. The number of methoxy groups -OCH3 is 2. The molecule has 0 radical (unpaired) electrons. The third kappa shape index (κ3) is 3.53. The summed E-state index contributed by atoms with van der Waals surface area (Å²) in [6.07, 6.45) is 4.15. The van der Waals surface area contributed by atoms with Gasteiger partial charge in [-0.2, -0.15) is 0 Å². The van der Waals surface area contributed by atoms with E-state index in [9.17, 15) is 0 Å². The molecule has 1 heterocycles. The SMILES string of the molecule is COCC(C[n+]1ccccc1)OC. The van der Waals surface area contributed by atoms with Crippen LogP contribution in [0.5, 0.6) is 0 Å². The van der Waals surface area contributed by atoms with E-state index in [1.54, 1.807) is 14.2 Å². The van der Waals surface area contributed by atoms with Crippen molar-refractivity contribution < 1.29 is 14.0 Å². The third-order valence-corrected chi connectivity index (χ3v) is 1.88. The van der Waals surface area contributed by atoms with E-state index in [-0.39, 0.29) is 6.10 Å². The number of rotatable bonds is 5. The van der Waals surface area contributed by atoms with E-state index in [1.807, 2.05) is 30.6 Å². The number of ether oxygens (including phenoxy) is 2. The molecule has 3 nitrogen and oxygen atoms in total. The molecule has 0 saturated carbocycles. The zero-order chi connectivity index (χ0) is 9.52. The molecule has 0 spiro atoms. The Balaban J connectivity index is 2.46. The normalized spacial score (nSPS) is 12.8. The lowest BCUT2D eigenvalue weighted by molar-refractivity contribution is -0.704. The number of hydrogen-bond donors (Lipinski definition) is 0. The van der Waals surface area contributed by atoms with Crippen molar-refractivity contribution in [1.29, 1.82) is 0 Å². The Bertz CT molecular complexity index is 226. The van der Waals surface area contributed by atoms with Gasteiger partial charge in [0.05, 0.1) is 6.61 Å². The van der Waals surface area contributed by atoms with E-state index in [1.165, 1.54) is 0 Å². The third-order valence-electron chi connectivity index (χ3n) is 1.88. The fourth-order valence-electron chi connectivity index (χ4n) is 1.17. The highest BCUT2D eigenvalue weighted by molar-refractivity contribution is 4.83. The van der Waals surface area contributed by atoms with Gasteiger partial charge in [0.2, 0.25) is 0 Å². The summed E-state index contributed by atoms with van der Waals surface area (Å²) in [6, 6.07) is 5.99. The number of hydrogen-bond acceptors (Lipinski definition) is 2. The molecule has 1 aromatic heterocycles. The standard InChI is InChI=1S/C10H16NO2/c1-12-9-10(13-2)8-11-6-4-3-5-7-11/h3-7,10H,8-9H2,1-2H3/q+1. The lowest BCUT2D eigenvalue weighted by Gasteiger charge is -2.10. The monoisotopic (exact) mass is 182 g/mol. The Kier molecular flexibility index (Phi) is 4.43. The van der Waals surface area contributed by atoms with Crippen molar-refractivity contribution in [2.24, 2.45) is 0 Å². The van der Waals surface area contributed by atoms with E-state index in [2.05, 4.69) is 4.57 Å². The molecule has 0 N–H and O–H groups in total. The molecule has 0 aliphatic rings. The Labute approximate surface area is 78.9 Å². The molecule has 0 aromatic carbocycles. The summed E-state index contributed by atoms with van der Waals surface area (Å²) in [6.45, 7) is 1.45. The molecule has 0 aliphatic carbocycles. The van der Waals surface area contributed by atoms with E-state index in [0.717, 1.165) is 6.54 Å². The first-order chi connectivity index (χ1) is 6.36. The van der Waals surface area contributed by atoms with Gasteiger partial charge < -0.3 is 9.47 Å². The summed E-state index contributed by atoms with van der Waals surface area (Å²) in [5, 5.41) is 0. The minimum atomic E-state index is 0.123. The van der Waals surface area contributed by atoms with Crippen molar-refractivity contribution in [3.63, 3.8) is 0 Å². The van der Waals surface area contributed by atoms with E-state index < -0.39 is 0 Å². The van der Waals surface area contributed by atoms with Crippen LogP contribution < -0.4 is 4.57 Å². The van der Waals surface area contributed by atoms with Gasteiger partial charge in [-0.1, -0.05) is 6.07 Å². The average Bonchev–Trinajstić information content (AvgIpc) is 2.19. The molecule has 0 bridgehead atoms. The summed E-state index contributed by atoms with van der Waals surface area (Å²) < 4.78 is 12.4. The fourth-order valence-corrected chi connectivity index (χ4v) is 1.17. The summed E-state index contributed by atoms with van der Waals surface area (Å²) >= 11 is 0. The molecule has 1 rings (SSSR count). The molecule has 1 atom stereocenters. The van der Waals surface area contributed by atoms with Crippen LogP contribution in [0.1, 0.15) is 0 Å². The maximum Gasteiger partial charge on any atom is 0.176 e. The van der Waals surface area contributed by atoms with Crippen LogP contribution in [0.25, 0.3) is 0 Å². The Hall–Kier alpha value is -0.930.